The number of hydrogen-bond acceptors (Lipinski definition) is 3. The van der Waals surface area contributed by atoms with Crippen molar-refractivity contribution in [2.45, 2.75) is 25.2 Å². The zero-order chi connectivity index (χ0) is 14.1. The van der Waals surface area contributed by atoms with Crippen LogP contribution in [0.15, 0.2) is 42.9 Å². The fraction of sp³-hybridized carbons (Fsp3) is 0.294. The van der Waals surface area contributed by atoms with Gasteiger partial charge in [0.15, 0.2) is 0 Å². The van der Waals surface area contributed by atoms with Gasteiger partial charge in [0.1, 0.15) is 17.8 Å². The number of aryl methyl sites for hydroxylation is 1. The van der Waals surface area contributed by atoms with Crippen LogP contribution in [0, 0.1) is 0 Å². The van der Waals surface area contributed by atoms with E-state index in [-0.39, 0.29) is 0 Å². The molecule has 0 saturated carbocycles. The van der Waals surface area contributed by atoms with E-state index in [0.29, 0.717) is 5.92 Å². The minimum Gasteiger partial charge on any atom is -0.369 e. The molecule has 0 fully saturated rings. The molecule has 1 aromatic carbocycles. The van der Waals surface area contributed by atoms with E-state index in [1.54, 1.807) is 6.33 Å². The summed E-state index contributed by atoms with van der Waals surface area (Å²) in [6.07, 6.45) is 7.23. The third-order valence-electron chi connectivity index (χ3n) is 4.36. The predicted molar refractivity (Wildman–Crippen MR) is 84.5 cm³/mol. The molecule has 2 N–H and O–H groups in total. The molecule has 2 heterocycles. The number of benzene rings is 1. The third-order valence-corrected chi connectivity index (χ3v) is 4.36. The maximum atomic E-state index is 4.38. The number of aromatic amines is 1. The molecule has 21 heavy (non-hydrogen) atoms. The highest BCUT2D eigenvalue weighted by atomic mass is 15.0. The molecule has 4 heteroatoms. The normalized spacial score (nSPS) is 17.6. The maximum absolute atomic E-state index is 4.38. The number of fused-ring (bicyclic) bond motifs is 2. The van der Waals surface area contributed by atoms with Crippen LogP contribution in [0.25, 0.3) is 11.0 Å². The summed E-state index contributed by atoms with van der Waals surface area (Å²) in [7, 11) is 0. The molecule has 2 aromatic heterocycles. The Bertz CT molecular complexity index is 762. The predicted octanol–water partition coefficient (Wildman–Crippen LogP) is 3.49. The standard InChI is InChI=1S/C17H18N4/c1-2-7-14-12(4-1)5-3-6-13(14)10-19-17-15-8-9-18-16(15)20-11-21-17/h1-2,4,7-9,11,13H,3,5-6,10H2,(H2,18,19,20,21). The van der Waals surface area contributed by atoms with Crippen molar-refractivity contribution in [2.24, 2.45) is 0 Å². The van der Waals surface area contributed by atoms with Gasteiger partial charge in [-0.25, -0.2) is 9.97 Å². The summed E-state index contributed by atoms with van der Waals surface area (Å²) < 4.78 is 0. The Kier molecular flexibility index (Phi) is 3.07. The first-order valence-electron chi connectivity index (χ1n) is 7.51. The van der Waals surface area contributed by atoms with Crippen LogP contribution in [0.5, 0.6) is 0 Å². The van der Waals surface area contributed by atoms with Crippen molar-refractivity contribution in [3.8, 4) is 0 Å². The van der Waals surface area contributed by atoms with Gasteiger partial charge in [0.2, 0.25) is 0 Å². The zero-order valence-electron chi connectivity index (χ0n) is 11.8. The Hall–Kier alpha value is -2.36. The number of rotatable bonds is 3. The molecule has 0 saturated heterocycles. The maximum Gasteiger partial charge on any atom is 0.142 e. The first-order chi connectivity index (χ1) is 10.4. The summed E-state index contributed by atoms with van der Waals surface area (Å²) in [4.78, 5) is 11.7. The lowest BCUT2D eigenvalue weighted by Crippen LogP contribution is -2.18. The Morgan fingerprint density at radius 2 is 2.14 bits per heavy atom. The van der Waals surface area contributed by atoms with Crippen molar-refractivity contribution < 1.29 is 0 Å². The number of H-pyrrole nitrogens is 1. The molecule has 1 aliphatic rings. The monoisotopic (exact) mass is 278 g/mol. The fourth-order valence-corrected chi connectivity index (χ4v) is 3.30. The Labute approximate surface area is 123 Å². The molecule has 1 aliphatic carbocycles. The number of anilines is 1. The van der Waals surface area contributed by atoms with E-state index >= 15 is 0 Å². The zero-order valence-corrected chi connectivity index (χ0v) is 11.8. The van der Waals surface area contributed by atoms with Gasteiger partial charge >= 0.3 is 0 Å². The minimum absolute atomic E-state index is 0.568. The highest BCUT2D eigenvalue weighted by Gasteiger charge is 2.19. The van der Waals surface area contributed by atoms with Crippen molar-refractivity contribution in [1.29, 1.82) is 0 Å². The highest BCUT2D eigenvalue weighted by molar-refractivity contribution is 5.86. The second-order valence-corrected chi connectivity index (χ2v) is 5.63. The number of aromatic nitrogens is 3. The number of nitrogens with zero attached hydrogens (tertiary/aromatic N) is 2. The molecule has 4 rings (SSSR count). The van der Waals surface area contributed by atoms with Crippen LogP contribution >= 0.6 is 0 Å². The smallest absolute Gasteiger partial charge is 0.142 e. The largest absolute Gasteiger partial charge is 0.369 e. The van der Waals surface area contributed by atoms with Crippen LogP contribution in [0.1, 0.15) is 29.9 Å². The van der Waals surface area contributed by atoms with E-state index in [1.165, 1.54) is 30.4 Å². The molecule has 0 radical (unpaired) electrons. The van der Waals surface area contributed by atoms with Crippen molar-refractivity contribution >= 4 is 16.9 Å². The van der Waals surface area contributed by atoms with Crippen LogP contribution in [-0.4, -0.2) is 21.5 Å². The first-order valence-corrected chi connectivity index (χ1v) is 7.51. The number of hydrogen-bond donors (Lipinski definition) is 2. The summed E-state index contributed by atoms with van der Waals surface area (Å²) in [6, 6.07) is 10.8. The van der Waals surface area contributed by atoms with Crippen molar-refractivity contribution in [3.63, 3.8) is 0 Å². The summed E-state index contributed by atoms with van der Waals surface area (Å²) in [6.45, 7) is 0.925. The van der Waals surface area contributed by atoms with Crippen molar-refractivity contribution in [3.05, 3.63) is 54.0 Å². The summed E-state index contributed by atoms with van der Waals surface area (Å²) in [5.41, 5.74) is 3.89. The highest BCUT2D eigenvalue weighted by Crippen LogP contribution is 2.31. The third kappa shape index (κ3) is 2.27. The Morgan fingerprint density at radius 1 is 1.19 bits per heavy atom. The summed E-state index contributed by atoms with van der Waals surface area (Å²) >= 11 is 0. The molecule has 0 aliphatic heterocycles. The van der Waals surface area contributed by atoms with E-state index in [1.807, 2.05) is 12.3 Å². The molecule has 1 atom stereocenters. The van der Waals surface area contributed by atoms with Crippen molar-refractivity contribution in [1.82, 2.24) is 15.0 Å². The summed E-state index contributed by atoms with van der Waals surface area (Å²) in [5.74, 6) is 1.49. The molecule has 106 valence electrons. The number of nitrogens with one attached hydrogen (secondary N) is 2. The average molecular weight is 278 g/mol. The van der Waals surface area contributed by atoms with Gasteiger partial charge < -0.3 is 10.3 Å². The van der Waals surface area contributed by atoms with Crippen LogP contribution in [0.2, 0.25) is 0 Å². The first kappa shape index (κ1) is 12.4. The Morgan fingerprint density at radius 3 is 3.14 bits per heavy atom. The van der Waals surface area contributed by atoms with Gasteiger partial charge in [0.25, 0.3) is 0 Å². The summed E-state index contributed by atoms with van der Waals surface area (Å²) in [5, 5.41) is 4.57. The quantitative estimate of drug-likeness (QED) is 0.771. The van der Waals surface area contributed by atoms with Crippen LogP contribution in [0.4, 0.5) is 5.82 Å². The van der Waals surface area contributed by atoms with Gasteiger partial charge in [-0.05, 0) is 36.5 Å². The van der Waals surface area contributed by atoms with Gasteiger partial charge in [-0.2, -0.15) is 0 Å². The van der Waals surface area contributed by atoms with Crippen molar-refractivity contribution in [2.75, 3.05) is 11.9 Å². The molecule has 4 nitrogen and oxygen atoms in total. The fourth-order valence-electron chi connectivity index (χ4n) is 3.30. The topological polar surface area (TPSA) is 53.6 Å². The van der Waals surface area contributed by atoms with E-state index < -0.39 is 0 Å². The second-order valence-electron chi connectivity index (χ2n) is 5.63. The minimum atomic E-state index is 0.568. The van der Waals surface area contributed by atoms with Crippen LogP contribution < -0.4 is 5.32 Å². The lowest BCUT2D eigenvalue weighted by atomic mass is 9.83. The second kappa shape index (κ2) is 5.20. The SMILES string of the molecule is c1ccc2c(c1)CCCC2CNc1ncnc2[nH]ccc12. The molecular formula is C17H18N4. The van der Waals surface area contributed by atoms with Gasteiger partial charge in [-0.1, -0.05) is 24.3 Å². The molecule has 0 bridgehead atoms. The van der Waals surface area contributed by atoms with Gasteiger partial charge in [-0.3, -0.25) is 0 Å². The van der Waals surface area contributed by atoms with E-state index in [4.69, 9.17) is 0 Å². The van der Waals surface area contributed by atoms with Gasteiger partial charge in [0, 0.05) is 18.7 Å². The van der Waals surface area contributed by atoms with Crippen LogP contribution in [-0.2, 0) is 6.42 Å². The lowest BCUT2D eigenvalue weighted by Gasteiger charge is -2.25. The molecule has 0 amide bonds. The van der Waals surface area contributed by atoms with Crippen LogP contribution in [0.3, 0.4) is 0 Å². The molecule has 3 aromatic rings. The lowest BCUT2D eigenvalue weighted by molar-refractivity contribution is 0.571. The van der Waals surface area contributed by atoms with Gasteiger partial charge in [-0.15, -0.1) is 0 Å². The van der Waals surface area contributed by atoms with Gasteiger partial charge in [0.05, 0.1) is 5.39 Å². The molecular weight excluding hydrogens is 260 g/mol. The average Bonchev–Trinajstić information content (AvgIpc) is 3.02. The molecule has 0 spiro atoms. The van der Waals surface area contributed by atoms with E-state index in [9.17, 15) is 0 Å². The van der Waals surface area contributed by atoms with E-state index in [0.717, 1.165) is 23.4 Å². The Balaban J connectivity index is 1.57. The van der Waals surface area contributed by atoms with E-state index in [2.05, 4.69) is 44.5 Å². The molecule has 1 unspecified atom stereocenters.